The quantitative estimate of drug-likeness (QED) is 0.571. The third-order valence-electron chi connectivity index (χ3n) is 6.32. The lowest BCUT2D eigenvalue weighted by Crippen LogP contribution is -2.40. The SMILES string of the molecule is CC1=Nc2ccccc2CC1(c1cc(C)c(O)c(C)c1)c1cc(C)c(O)c(C)c1. The fourth-order valence-corrected chi connectivity index (χ4v) is 4.65. The Morgan fingerprint density at radius 3 is 1.66 bits per heavy atom. The van der Waals surface area contributed by atoms with Crippen LogP contribution in [-0.2, 0) is 11.8 Å². The van der Waals surface area contributed by atoms with Crippen molar-refractivity contribution in [1.82, 2.24) is 0 Å². The third-order valence-corrected chi connectivity index (χ3v) is 6.32. The van der Waals surface area contributed by atoms with E-state index < -0.39 is 5.41 Å². The summed E-state index contributed by atoms with van der Waals surface area (Å²) in [6, 6.07) is 16.6. The Balaban J connectivity index is 2.07. The fraction of sp³-hybridized carbons (Fsp3) is 0.269. The number of aromatic hydroxyl groups is 2. The highest BCUT2D eigenvalue weighted by Gasteiger charge is 2.41. The van der Waals surface area contributed by atoms with Gasteiger partial charge in [-0.3, -0.25) is 4.99 Å². The molecule has 3 heteroatoms. The van der Waals surface area contributed by atoms with Crippen molar-refractivity contribution in [3.63, 3.8) is 0 Å². The number of para-hydroxylation sites is 1. The summed E-state index contributed by atoms with van der Waals surface area (Å²) in [5.74, 6) is 0.681. The maximum absolute atomic E-state index is 10.4. The molecule has 0 radical (unpaired) electrons. The molecule has 0 aliphatic carbocycles. The number of hydrogen-bond donors (Lipinski definition) is 2. The smallest absolute Gasteiger partial charge is 0.121 e. The minimum absolute atomic E-state index is 0.341. The monoisotopic (exact) mass is 385 g/mol. The largest absolute Gasteiger partial charge is 0.507 e. The molecule has 1 aliphatic heterocycles. The first-order chi connectivity index (χ1) is 13.7. The minimum atomic E-state index is -0.458. The average molecular weight is 386 g/mol. The van der Waals surface area contributed by atoms with Crippen molar-refractivity contribution in [3.05, 3.63) is 87.5 Å². The molecule has 0 unspecified atom stereocenters. The highest BCUT2D eigenvalue weighted by Crippen LogP contribution is 2.46. The van der Waals surface area contributed by atoms with Gasteiger partial charge in [0.2, 0.25) is 0 Å². The molecule has 0 atom stereocenters. The average Bonchev–Trinajstić information content (AvgIpc) is 2.69. The number of rotatable bonds is 2. The summed E-state index contributed by atoms with van der Waals surface area (Å²) in [6.07, 6.45) is 0.784. The highest BCUT2D eigenvalue weighted by atomic mass is 16.3. The molecule has 148 valence electrons. The van der Waals surface area contributed by atoms with E-state index in [1.54, 1.807) is 0 Å². The van der Waals surface area contributed by atoms with Crippen LogP contribution < -0.4 is 0 Å². The molecule has 3 aromatic rings. The summed E-state index contributed by atoms with van der Waals surface area (Å²) in [6.45, 7) is 9.85. The zero-order valence-corrected chi connectivity index (χ0v) is 17.7. The van der Waals surface area contributed by atoms with Crippen LogP contribution in [0.15, 0.2) is 53.5 Å². The van der Waals surface area contributed by atoms with Gasteiger partial charge in [-0.1, -0.05) is 42.5 Å². The van der Waals surface area contributed by atoms with Gasteiger partial charge in [0, 0.05) is 5.71 Å². The van der Waals surface area contributed by atoms with Crippen LogP contribution in [0.1, 0.15) is 45.9 Å². The first-order valence-electron chi connectivity index (χ1n) is 9.99. The number of benzene rings is 3. The van der Waals surface area contributed by atoms with Crippen molar-refractivity contribution in [2.45, 2.75) is 46.5 Å². The Hall–Kier alpha value is -3.07. The Morgan fingerprint density at radius 1 is 0.724 bits per heavy atom. The second-order valence-corrected chi connectivity index (χ2v) is 8.33. The van der Waals surface area contributed by atoms with E-state index in [2.05, 4.69) is 49.4 Å². The van der Waals surface area contributed by atoms with Gasteiger partial charge in [-0.15, -0.1) is 0 Å². The van der Waals surface area contributed by atoms with Crippen molar-refractivity contribution in [2.24, 2.45) is 4.99 Å². The molecule has 3 aromatic carbocycles. The number of hydrogen-bond acceptors (Lipinski definition) is 3. The molecule has 29 heavy (non-hydrogen) atoms. The van der Waals surface area contributed by atoms with Gasteiger partial charge in [0.05, 0.1) is 11.1 Å². The predicted octanol–water partition coefficient (Wildman–Crippen LogP) is 5.97. The van der Waals surface area contributed by atoms with Crippen LogP contribution in [0.3, 0.4) is 0 Å². The van der Waals surface area contributed by atoms with Crippen LogP contribution in [0.4, 0.5) is 5.69 Å². The molecule has 0 amide bonds. The van der Waals surface area contributed by atoms with Gasteiger partial charge in [0.25, 0.3) is 0 Å². The minimum Gasteiger partial charge on any atom is -0.507 e. The van der Waals surface area contributed by atoms with E-state index in [0.717, 1.165) is 51.2 Å². The summed E-state index contributed by atoms with van der Waals surface area (Å²) >= 11 is 0. The topological polar surface area (TPSA) is 52.8 Å². The summed E-state index contributed by atoms with van der Waals surface area (Å²) in [5, 5.41) is 20.7. The van der Waals surface area contributed by atoms with Crippen LogP contribution in [-0.4, -0.2) is 15.9 Å². The van der Waals surface area contributed by atoms with E-state index in [4.69, 9.17) is 4.99 Å². The standard InChI is InChI=1S/C26H27NO2/c1-15-10-21(11-16(2)24(15)28)26(22-12-17(3)25(29)18(4)13-22)14-20-8-6-7-9-23(20)27-19(26)5/h6-13,28-29H,14H2,1-5H3. The van der Waals surface area contributed by atoms with Gasteiger partial charge in [0.15, 0.2) is 0 Å². The zero-order chi connectivity index (χ0) is 20.9. The van der Waals surface area contributed by atoms with Gasteiger partial charge >= 0.3 is 0 Å². The predicted molar refractivity (Wildman–Crippen MR) is 119 cm³/mol. The molecule has 0 spiro atoms. The van der Waals surface area contributed by atoms with E-state index in [0.29, 0.717) is 11.5 Å². The Kier molecular flexibility index (Phi) is 4.49. The number of nitrogens with zero attached hydrogens (tertiary/aromatic N) is 1. The Morgan fingerprint density at radius 2 is 1.17 bits per heavy atom. The number of phenolic OH excluding ortho intramolecular Hbond substituents is 2. The lowest BCUT2D eigenvalue weighted by atomic mass is 9.65. The first kappa shape index (κ1) is 19.3. The van der Waals surface area contributed by atoms with Crippen LogP contribution in [0.2, 0.25) is 0 Å². The molecule has 0 fully saturated rings. The van der Waals surface area contributed by atoms with Gasteiger partial charge in [-0.05, 0) is 86.1 Å². The Bertz CT molecular complexity index is 1050. The summed E-state index contributed by atoms with van der Waals surface area (Å²) in [4.78, 5) is 5.01. The molecular weight excluding hydrogens is 358 g/mol. The van der Waals surface area contributed by atoms with Crippen LogP contribution in [0.5, 0.6) is 11.5 Å². The number of aliphatic imine (C=N–C) groups is 1. The highest BCUT2D eigenvalue weighted by molar-refractivity contribution is 6.00. The van der Waals surface area contributed by atoms with Gasteiger partial charge in [0.1, 0.15) is 11.5 Å². The molecule has 2 N–H and O–H groups in total. The molecule has 0 bridgehead atoms. The second kappa shape index (κ2) is 6.77. The van der Waals surface area contributed by atoms with Gasteiger partial charge in [-0.2, -0.15) is 0 Å². The number of fused-ring (bicyclic) bond motifs is 1. The normalized spacial score (nSPS) is 15.0. The van der Waals surface area contributed by atoms with E-state index in [1.165, 1.54) is 5.56 Å². The van der Waals surface area contributed by atoms with Crippen molar-refractivity contribution in [1.29, 1.82) is 0 Å². The van der Waals surface area contributed by atoms with E-state index >= 15 is 0 Å². The van der Waals surface area contributed by atoms with Crippen LogP contribution >= 0.6 is 0 Å². The molecule has 1 aliphatic rings. The van der Waals surface area contributed by atoms with Gasteiger partial charge < -0.3 is 10.2 Å². The van der Waals surface area contributed by atoms with Crippen molar-refractivity contribution >= 4 is 11.4 Å². The Labute approximate surface area is 172 Å². The third kappa shape index (κ3) is 2.93. The summed E-state index contributed by atoms with van der Waals surface area (Å²) in [5.41, 5.74) is 8.44. The van der Waals surface area contributed by atoms with Crippen molar-refractivity contribution < 1.29 is 10.2 Å². The van der Waals surface area contributed by atoms with Crippen LogP contribution in [0.25, 0.3) is 0 Å². The lowest BCUT2D eigenvalue weighted by Gasteiger charge is -2.39. The first-order valence-corrected chi connectivity index (χ1v) is 9.99. The maximum Gasteiger partial charge on any atom is 0.121 e. The molecular formula is C26H27NO2. The zero-order valence-electron chi connectivity index (χ0n) is 17.7. The molecule has 1 heterocycles. The fourth-order valence-electron chi connectivity index (χ4n) is 4.65. The summed E-state index contributed by atoms with van der Waals surface area (Å²) < 4.78 is 0. The lowest BCUT2D eigenvalue weighted by molar-refractivity contribution is 0.465. The molecule has 0 saturated carbocycles. The molecule has 3 nitrogen and oxygen atoms in total. The number of aryl methyl sites for hydroxylation is 4. The second-order valence-electron chi connectivity index (χ2n) is 8.33. The summed E-state index contributed by atoms with van der Waals surface area (Å²) in [7, 11) is 0. The number of phenols is 2. The van der Waals surface area contributed by atoms with Crippen molar-refractivity contribution in [2.75, 3.05) is 0 Å². The van der Waals surface area contributed by atoms with Crippen molar-refractivity contribution in [3.8, 4) is 11.5 Å². The maximum atomic E-state index is 10.4. The molecule has 4 rings (SSSR count). The molecule has 0 saturated heterocycles. The van der Waals surface area contributed by atoms with E-state index in [9.17, 15) is 10.2 Å². The molecule has 0 aromatic heterocycles. The van der Waals surface area contributed by atoms with Crippen LogP contribution in [0, 0.1) is 27.7 Å². The van der Waals surface area contributed by atoms with Gasteiger partial charge in [-0.25, -0.2) is 0 Å². The van der Waals surface area contributed by atoms with E-state index in [-0.39, 0.29) is 0 Å². The van der Waals surface area contributed by atoms with E-state index in [1.807, 2.05) is 33.8 Å².